The number of halogens is 3. The third-order valence-corrected chi connectivity index (χ3v) is 3.08. The zero-order chi connectivity index (χ0) is 15.7. The number of rotatable bonds is 3. The fourth-order valence-corrected chi connectivity index (χ4v) is 2.04. The minimum Gasteiger partial charge on any atom is -0.487 e. The van der Waals surface area contributed by atoms with Crippen LogP contribution in [0.4, 0.5) is 18.9 Å². The summed E-state index contributed by atoms with van der Waals surface area (Å²) in [7, 11) is 0. The van der Waals surface area contributed by atoms with Crippen LogP contribution in [0, 0.1) is 0 Å². The third kappa shape index (κ3) is 2.98. The fourth-order valence-electron chi connectivity index (χ4n) is 2.04. The van der Waals surface area contributed by atoms with Gasteiger partial charge >= 0.3 is 6.18 Å². The second kappa shape index (κ2) is 5.25. The first kappa shape index (κ1) is 14.2. The maximum atomic E-state index is 12.6. The minimum absolute atomic E-state index is 0.0723. The van der Waals surface area contributed by atoms with Gasteiger partial charge in [0.15, 0.2) is 0 Å². The van der Waals surface area contributed by atoms with Crippen LogP contribution < -0.4 is 10.5 Å². The van der Waals surface area contributed by atoms with Gasteiger partial charge in [0, 0.05) is 24.1 Å². The van der Waals surface area contributed by atoms with Crippen LogP contribution in [-0.2, 0) is 12.8 Å². The number of nitrogens with zero attached hydrogens (tertiary/aromatic N) is 2. The molecule has 0 atom stereocenters. The van der Waals surface area contributed by atoms with Crippen LogP contribution in [0.5, 0.6) is 5.75 Å². The number of pyridine rings is 1. The van der Waals surface area contributed by atoms with E-state index in [0.717, 1.165) is 12.1 Å². The van der Waals surface area contributed by atoms with Crippen molar-refractivity contribution in [1.29, 1.82) is 0 Å². The van der Waals surface area contributed by atoms with E-state index in [-0.39, 0.29) is 12.4 Å². The summed E-state index contributed by atoms with van der Waals surface area (Å²) >= 11 is 0. The van der Waals surface area contributed by atoms with E-state index in [2.05, 4.69) is 4.98 Å². The van der Waals surface area contributed by atoms with Crippen molar-refractivity contribution in [3.8, 4) is 5.75 Å². The molecule has 0 amide bonds. The van der Waals surface area contributed by atoms with Crippen molar-refractivity contribution in [3.63, 3.8) is 0 Å². The number of aromatic nitrogens is 2. The molecule has 0 saturated heterocycles. The van der Waals surface area contributed by atoms with Gasteiger partial charge in [0.2, 0.25) is 0 Å². The number of ether oxygens (including phenoxy) is 1. The van der Waals surface area contributed by atoms with Gasteiger partial charge in [-0.2, -0.15) is 13.2 Å². The molecule has 0 fully saturated rings. The van der Waals surface area contributed by atoms with Gasteiger partial charge in [0.05, 0.1) is 11.3 Å². The molecule has 7 heteroatoms. The number of hydrogen-bond acceptors (Lipinski definition) is 3. The Morgan fingerprint density at radius 2 is 2.00 bits per heavy atom. The summed E-state index contributed by atoms with van der Waals surface area (Å²) in [5.74, 6) is 0.145. The van der Waals surface area contributed by atoms with Crippen molar-refractivity contribution in [1.82, 2.24) is 9.38 Å². The molecule has 22 heavy (non-hydrogen) atoms. The maximum Gasteiger partial charge on any atom is 0.416 e. The molecule has 1 aromatic carbocycles. The topological polar surface area (TPSA) is 52.5 Å². The Morgan fingerprint density at radius 3 is 2.77 bits per heavy atom. The molecule has 2 aromatic heterocycles. The predicted molar refractivity (Wildman–Crippen MR) is 75.4 cm³/mol. The van der Waals surface area contributed by atoms with E-state index in [0.29, 0.717) is 17.0 Å². The van der Waals surface area contributed by atoms with E-state index in [1.165, 1.54) is 12.1 Å². The van der Waals surface area contributed by atoms with Gasteiger partial charge in [-0.05, 0) is 24.3 Å². The monoisotopic (exact) mass is 307 g/mol. The van der Waals surface area contributed by atoms with Gasteiger partial charge in [-0.1, -0.05) is 6.07 Å². The van der Waals surface area contributed by atoms with Crippen LogP contribution in [0.25, 0.3) is 5.65 Å². The Kier molecular flexibility index (Phi) is 3.40. The molecule has 0 aliphatic carbocycles. The van der Waals surface area contributed by atoms with E-state index in [1.54, 1.807) is 28.9 Å². The molecule has 0 radical (unpaired) electrons. The zero-order valence-corrected chi connectivity index (χ0v) is 11.3. The fraction of sp³-hybridized carbons (Fsp3) is 0.133. The summed E-state index contributed by atoms with van der Waals surface area (Å²) in [5.41, 5.74) is 6.76. The number of hydrogen-bond donors (Lipinski definition) is 1. The average Bonchev–Trinajstić information content (AvgIpc) is 2.86. The highest BCUT2D eigenvalue weighted by molar-refractivity contribution is 5.52. The SMILES string of the molecule is Nc1ccn2cc(COc3cccc(C(F)(F)F)c3)nc2c1. The number of anilines is 1. The van der Waals surface area contributed by atoms with Gasteiger partial charge in [-0.3, -0.25) is 0 Å². The summed E-state index contributed by atoms with van der Waals surface area (Å²) in [6.07, 6.45) is -0.895. The minimum atomic E-state index is -4.39. The third-order valence-electron chi connectivity index (χ3n) is 3.08. The lowest BCUT2D eigenvalue weighted by Crippen LogP contribution is -2.05. The van der Waals surface area contributed by atoms with E-state index in [9.17, 15) is 13.2 Å². The molecule has 0 bridgehead atoms. The van der Waals surface area contributed by atoms with Crippen LogP contribution in [0.15, 0.2) is 48.8 Å². The molecule has 3 aromatic rings. The van der Waals surface area contributed by atoms with Crippen LogP contribution in [0.3, 0.4) is 0 Å². The van der Waals surface area contributed by atoms with Gasteiger partial charge in [-0.15, -0.1) is 0 Å². The molecule has 0 aliphatic heterocycles. The normalized spacial score (nSPS) is 11.8. The van der Waals surface area contributed by atoms with E-state index in [4.69, 9.17) is 10.5 Å². The molecular formula is C15H12F3N3O. The number of alkyl halides is 3. The van der Waals surface area contributed by atoms with E-state index < -0.39 is 11.7 Å². The summed E-state index contributed by atoms with van der Waals surface area (Å²) in [4.78, 5) is 4.30. The summed E-state index contributed by atoms with van der Waals surface area (Å²) in [5, 5.41) is 0. The van der Waals surface area contributed by atoms with Crippen molar-refractivity contribution < 1.29 is 17.9 Å². The number of nitrogen functional groups attached to an aromatic ring is 1. The lowest BCUT2D eigenvalue weighted by Gasteiger charge is -2.09. The van der Waals surface area contributed by atoms with Crippen molar-refractivity contribution in [2.45, 2.75) is 12.8 Å². The standard InChI is InChI=1S/C15H12F3N3O/c16-15(17,18)10-2-1-3-13(6-10)22-9-12-8-21-5-4-11(19)7-14(21)20-12/h1-8H,9,19H2. The van der Waals surface area contributed by atoms with Crippen molar-refractivity contribution in [2.75, 3.05) is 5.73 Å². The highest BCUT2D eigenvalue weighted by Gasteiger charge is 2.30. The number of imidazole rings is 1. The first-order chi connectivity index (χ1) is 10.4. The Balaban J connectivity index is 1.76. The van der Waals surface area contributed by atoms with E-state index >= 15 is 0 Å². The Morgan fingerprint density at radius 1 is 1.18 bits per heavy atom. The molecule has 2 N–H and O–H groups in total. The molecule has 114 valence electrons. The smallest absolute Gasteiger partial charge is 0.416 e. The summed E-state index contributed by atoms with van der Waals surface area (Å²) in [6, 6.07) is 8.18. The van der Waals surface area contributed by atoms with Crippen molar-refractivity contribution in [2.24, 2.45) is 0 Å². The first-order valence-corrected chi connectivity index (χ1v) is 6.45. The first-order valence-electron chi connectivity index (χ1n) is 6.45. The van der Waals surface area contributed by atoms with Gasteiger partial charge in [-0.25, -0.2) is 4.98 Å². The van der Waals surface area contributed by atoms with Gasteiger partial charge in [0.25, 0.3) is 0 Å². The largest absolute Gasteiger partial charge is 0.487 e. The molecule has 0 spiro atoms. The Hall–Kier alpha value is -2.70. The van der Waals surface area contributed by atoms with E-state index in [1.807, 2.05) is 0 Å². The van der Waals surface area contributed by atoms with Gasteiger partial charge < -0.3 is 14.9 Å². The van der Waals surface area contributed by atoms with Crippen LogP contribution >= 0.6 is 0 Å². The molecule has 3 rings (SSSR count). The highest BCUT2D eigenvalue weighted by Crippen LogP contribution is 2.31. The second-order valence-electron chi connectivity index (χ2n) is 4.77. The summed E-state index contributed by atoms with van der Waals surface area (Å²) in [6.45, 7) is 0.0723. The number of nitrogens with two attached hydrogens (primary N) is 1. The maximum absolute atomic E-state index is 12.6. The van der Waals surface area contributed by atoms with Crippen LogP contribution in [-0.4, -0.2) is 9.38 Å². The Labute approximate surface area is 124 Å². The second-order valence-corrected chi connectivity index (χ2v) is 4.77. The molecule has 0 saturated carbocycles. The van der Waals surface area contributed by atoms with Crippen molar-refractivity contribution >= 4 is 11.3 Å². The van der Waals surface area contributed by atoms with Crippen molar-refractivity contribution in [3.05, 3.63) is 60.0 Å². The molecule has 4 nitrogen and oxygen atoms in total. The quantitative estimate of drug-likeness (QED) is 0.805. The molecule has 2 heterocycles. The molecular weight excluding hydrogens is 295 g/mol. The summed E-state index contributed by atoms with van der Waals surface area (Å²) < 4.78 is 45.0. The lowest BCUT2D eigenvalue weighted by atomic mass is 10.2. The predicted octanol–water partition coefficient (Wildman–Crippen LogP) is 3.51. The van der Waals surface area contributed by atoms with Crippen LogP contribution in [0.2, 0.25) is 0 Å². The lowest BCUT2D eigenvalue weighted by molar-refractivity contribution is -0.137. The van der Waals surface area contributed by atoms with Gasteiger partial charge in [0.1, 0.15) is 18.0 Å². The number of benzene rings is 1. The highest BCUT2D eigenvalue weighted by atomic mass is 19.4. The average molecular weight is 307 g/mol. The van der Waals surface area contributed by atoms with Crippen LogP contribution in [0.1, 0.15) is 11.3 Å². The molecule has 0 unspecified atom stereocenters. The molecule has 0 aliphatic rings. The zero-order valence-electron chi connectivity index (χ0n) is 11.3. The Bertz CT molecular complexity index is 811. The number of fused-ring (bicyclic) bond motifs is 1.